The number of anilines is 1. The highest BCUT2D eigenvalue weighted by molar-refractivity contribution is 6.53. The van der Waals surface area contributed by atoms with Crippen LogP contribution >= 0.6 is 46.4 Å². The van der Waals surface area contributed by atoms with Crippen molar-refractivity contribution in [1.29, 1.82) is 0 Å². The molecule has 0 aliphatic heterocycles. The van der Waals surface area contributed by atoms with Crippen LogP contribution in [0.15, 0.2) is 48.5 Å². The van der Waals surface area contributed by atoms with E-state index in [1.807, 2.05) is 0 Å². The number of ketones is 2. The Labute approximate surface area is 248 Å². The number of carbonyl (C=O) groups excluding carboxylic acids is 3. The third-order valence-corrected chi connectivity index (χ3v) is 8.00. The normalized spacial score (nSPS) is 17.7. The standard InChI is InChI=1S/C27H15Cl4F6NO3/c28-16-4-3-13(38-25(41)23-22(26(23,30)31)11-1-6-19(33)17(29)7-11)9-14(16)20(39)8-12-2-5-18(32)15(24(12)34)10-21(40)27(35,36)37/h1-7,9,22-23H,8,10H2,(H,38,41)/t22-,23+/m0/s1. The number of nitrogens with one attached hydrogen (secondary N) is 1. The van der Waals surface area contributed by atoms with E-state index in [2.05, 4.69) is 5.32 Å². The lowest BCUT2D eigenvalue weighted by atomic mass is 9.98. The Morgan fingerprint density at radius 2 is 1.51 bits per heavy atom. The molecule has 1 amide bonds. The van der Waals surface area contributed by atoms with E-state index in [-0.39, 0.29) is 21.3 Å². The van der Waals surface area contributed by atoms with Crippen molar-refractivity contribution in [2.75, 3.05) is 5.32 Å². The molecule has 4 nitrogen and oxygen atoms in total. The molecule has 0 aromatic heterocycles. The average molecular weight is 657 g/mol. The van der Waals surface area contributed by atoms with E-state index in [0.717, 1.165) is 12.1 Å². The quantitative estimate of drug-likeness (QED) is 0.152. The zero-order valence-corrected chi connectivity index (χ0v) is 23.2. The average Bonchev–Trinajstić information content (AvgIpc) is 3.47. The molecular formula is C27H15Cl4F6NO3. The summed E-state index contributed by atoms with van der Waals surface area (Å²) in [6, 6.07) is 9.09. The molecule has 216 valence electrons. The van der Waals surface area contributed by atoms with E-state index in [9.17, 15) is 40.7 Å². The Balaban J connectivity index is 1.52. The van der Waals surface area contributed by atoms with Crippen LogP contribution in [0, 0.1) is 23.4 Å². The Kier molecular flexibility index (Phi) is 8.72. The summed E-state index contributed by atoms with van der Waals surface area (Å²) in [4.78, 5) is 37.2. The SMILES string of the molecule is O=C(Cc1ccc(F)c(CC(=O)C(F)(F)F)c1F)c1cc(NC(=O)[C@H]2[C@H](c3ccc(F)c(Cl)c3)C2(Cl)Cl)ccc1Cl. The second kappa shape index (κ2) is 11.5. The van der Waals surface area contributed by atoms with Crippen molar-refractivity contribution in [2.45, 2.75) is 29.3 Å². The van der Waals surface area contributed by atoms with E-state index < -0.39 is 81.2 Å². The highest BCUT2D eigenvalue weighted by atomic mass is 35.5. The predicted octanol–water partition coefficient (Wildman–Crippen LogP) is 8.04. The first kappa shape index (κ1) is 31.2. The van der Waals surface area contributed by atoms with Crippen molar-refractivity contribution >= 4 is 69.6 Å². The third kappa shape index (κ3) is 6.51. The molecule has 2 atom stereocenters. The first-order valence-corrected chi connectivity index (χ1v) is 13.1. The van der Waals surface area contributed by atoms with E-state index in [1.54, 1.807) is 0 Å². The molecule has 0 radical (unpaired) electrons. The summed E-state index contributed by atoms with van der Waals surface area (Å²) >= 11 is 24.5. The molecule has 1 saturated carbocycles. The molecule has 0 unspecified atom stereocenters. The van der Waals surface area contributed by atoms with Crippen LogP contribution in [-0.2, 0) is 22.4 Å². The maximum absolute atomic E-state index is 14.8. The van der Waals surface area contributed by atoms with Gasteiger partial charge in [-0.25, -0.2) is 13.2 Å². The maximum atomic E-state index is 14.8. The summed E-state index contributed by atoms with van der Waals surface area (Å²) in [5, 5.41) is 2.26. The largest absolute Gasteiger partial charge is 0.450 e. The van der Waals surface area contributed by atoms with Gasteiger partial charge in [-0.15, -0.1) is 23.2 Å². The van der Waals surface area contributed by atoms with Gasteiger partial charge in [-0.1, -0.05) is 35.3 Å². The van der Waals surface area contributed by atoms with Crippen LogP contribution in [-0.4, -0.2) is 28.0 Å². The van der Waals surface area contributed by atoms with Crippen molar-refractivity contribution in [1.82, 2.24) is 0 Å². The van der Waals surface area contributed by atoms with Gasteiger partial charge in [0.1, 0.15) is 21.8 Å². The van der Waals surface area contributed by atoms with Crippen molar-refractivity contribution in [3.8, 4) is 0 Å². The third-order valence-electron chi connectivity index (χ3n) is 6.44. The number of alkyl halides is 5. The Morgan fingerprint density at radius 3 is 2.15 bits per heavy atom. The summed E-state index contributed by atoms with van der Waals surface area (Å²) in [5.41, 5.74) is -1.30. The summed E-state index contributed by atoms with van der Waals surface area (Å²) in [6.45, 7) is 0. The number of benzene rings is 3. The zero-order valence-electron chi connectivity index (χ0n) is 20.2. The molecule has 0 bridgehead atoms. The van der Waals surface area contributed by atoms with Crippen LogP contribution in [0.3, 0.4) is 0 Å². The number of carbonyl (C=O) groups is 3. The minimum atomic E-state index is -5.30. The summed E-state index contributed by atoms with van der Waals surface area (Å²) in [7, 11) is 0. The molecule has 41 heavy (non-hydrogen) atoms. The molecule has 0 heterocycles. The fraction of sp³-hybridized carbons (Fsp3) is 0.222. The maximum Gasteiger partial charge on any atom is 0.450 e. The Bertz CT molecular complexity index is 1580. The number of Topliss-reactive ketones (excluding diaryl/α,β-unsaturated/α-hetero) is 2. The number of halogens is 10. The molecular weight excluding hydrogens is 642 g/mol. The van der Waals surface area contributed by atoms with Crippen LogP contribution < -0.4 is 5.32 Å². The van der Waals surface area contributed by atoms with Gasteiger partial charge in [0.25, 0.3) is 0 Å². The summed E-state index contributed by atoms with van der Waals surface area (Å²) in [5.74, 6) is -9.05. The molecule has 14 heteroatoms. The highest BCUT2D eigenvalue weighted by Crippen LogP contribution is 2.65. The second-order valence-corrected chi connectivity index (χ2v) is 11.4. The first-order valence-electron chi connectivity index (χ1n) is 11.5. The minimum absolute atomic E-state index is 0.0747. The molecule has 0 saturated heterocycles. The topological polar surface area (TPSA) is 63.2 Å². The molecule has 1 fully saturated rings. The Hall–Kier alpha value is -2.79. The predicted molar refractivity (Wildman–Crippen MR) is 141 cm³/mol. The van der Waals surface area contributed by atoms with Gasteiger partial charge in [0.15, 0.2) is 5.78 Å². The van der Waals surface area contributed by atoms with Gasteiger partial charge in [-0.3, -0.25) is 14.4 Å². The van der Waals surface area contributed by atoms with Gasteiger partial charge in [0.05, 0.1) is 16.0 Å². The molecule has 1 aliphatic rings. The lowest BCUT2D eigenvalue weighted by Crippen LogP contribution is -2.25. The van der Waals surface area contributed by atoms with Gasteiger partial charge in [-0.2, -0.15) is 13.2 Å². The number of rotatable bonds is 8. The van der Waals surface area contributed by atoms with Gasteiger partial charge in [0, 0.05) is 35.6 Å². The van der Waals surface area contributed by atoms with E-state index >= 15 is 0 Å². The van der Waals surface area contributed by atoms with E-state index in [1.165, 1.54) is 30.3 Å². The van der Waals surface area contributed by atoms with Gasteiger partial charge >= 0.3 is 6.18 Å². The first-order chi connectivity index (χ1) is 19.0. The molecule has 1 N–H and O–H groups in total. The second-order valence-electron chi connectivity index (χ2n) is 9.18. The molecule has 3 aromatic carbocycles. The fourth-order valence-electron chi connectivity index (χ4n) is 4.28. The number of hydrogen-bond donors (Lipinski definition) is 1. The van der Waals surface area contributed by atoms with Crippen molar-refractivity contribution in [3.63, 3.8) is 0 Å². The number of hydrogen-bond acceptors (Lipinski definition) is 3. The lowest BCUT2D eigenvalue weighted by Gasteiger charge is -2.12. The monoisotopic (exact) mass is 655 g/mol. The minimum Gasteiger partial charge on any atom is -0.326 e. The molecule has 4 rings (SSSR count). The van der Waals surface area contributed by atoms with E-state index in [0.29, 0.717) is 11.6 Å². The van der Waals surface area contributed by atoms with Crippen molar-refractivity contribution < 1.29 is 40.7 Å². The van der Waals surface area contributed by atoms with Crippen LogP contribution in [0.5, 0.6) is 0 Å². The Morgan fingerprint density at radius 1 is 0.854 bits per heavy atom. The van der Waals surface area contributed by atoms with Crippen molar-refractivity contribution in [3.05, 3.63) is 98.3 Å². The molecule has 0 spiro atoms. The summed E-state index contributed by atoms with van der Waals surface area (Å²) in [6.07, 6.45) is -7.64. The van der Waals surface area contributed by atoms with Crippen molar-refractivity contribution in [2.24, 2.45) is 5.92 Å². The van der Waals surface area contributed by atoms with Gasteiger partial charge in [-0.05, 0) is 47.5 Å². The summed E-state index contributed by atoms with van der Waals surface area (Å²) < 4.78 is 78.7. The zero-order chi connectivity index (χ0) is 30.4. The molecule has 3 aromatic rings. The fourth-order valence-corrected chi connectivity index (χ4v) is 5.52. The van der Waals surface area contributed by atoms with Crippen LogP contribution in [0.1, 0.15) is 33.0 Å². The molecule has 1 aliphatic carbocycles. The smallest absolute Gasteiger partial charge is 0.326 e. The number of amides is 1. The van der Waals surface area contributed by atoms with Crippen LogP contribution in [0.2, 0.25) is 10.0 Å². The van der Waals surface area contributed by atoms with Crippen LogP contribution in [0.4, 0.5) is 32.0 Å². The van der Waals surface area contributed by atoms with Gasteiger partial charge < -0.3 is 5.32 Å². The van der Waals surface area contributed by atoms with Crippen LogP contribution in [0.25, 0.3) is 0 Å². The van der Waals surface area contributed by atoms with Gasteiger partial charge in [0.2, 0.25) is 11.7 Å². The van der Waals surface area contributed by atoms with E-state index in [4.69, 9.17) is 46.4 Å². The highest BCUT2D eigenvalue weighted by Gasteiger charge is 2.67. The lowest BCUT2D eigenvalue weighted by molar-refractivity contribution is -0.170.